The monoisotopic (exact) mass is 782 g/mol. The molecule has 13 nitrogen and oxygen atoms in total. The van der Waals surface area contributed by atoms with Crippen molar-refractivity contribution in [2.45, 2.75) is 68.7 Å². The number of carbonyl (C=O) groups excluding carboxylic acids is 3. The van der Waals surface area contributed by atoms with Crippen molar-refractivity contribution in [3.05, 3.63) is 81.0 Å². The van der Waals surface area contributed by atoms with Crippen molar-refractivity contribution in [3.8, 4) is 11.8 Å². The molecule has 8 rings (SSSR count). The van der Waals surface area contributed by atoms with Gasteiger partial charge in [0.15, 0.2) is 0 Å². The number of alkyl halides is 2. The standard InChI is InChI=1S/C40H40F2N8O5S/c1-48-35-26(4-3-5-30(35)50(39(48)54)31-10-11-34(51)47-37(31)53)27-12-13-49(21-40(27,41)42)20-22-6-8-24(9-7-22)38-46-29-15-32(55-2)28(16-33(29)56-38)45-36(52)25-14-23(17-43)18-44-19-25/h3-5,14-16,18-19,22,24,27,31H,6-13,20-21H2,1-2H3,(H,45,52)(H,47,51,53)/t22?,24?,27-,31?/m1/s1. The first-order valence-corrected chi connectivity index (χ1v) is 19.5. The van der Waals surface area contributed by atoms with Gasteiger partial charge in [-0.2, -0.15) is 5.26 Å². The smallest absolute Gasteiger partial charge is 0.329 e. The second kappa shape index (κ2) is 14.8. The summed E-state index contributed by atoms with van der Waals surface area (Å²) >= 11 is 1.57. The Morgan fingerprint density at radius 1 is 1.11 bits per heavy atom. The predicted octanol–water partition coefficient (Wildman–Crippen LogP) is 5.85. The molecule has 3 fully saturated rings. The number of nitrogens with zero attached hydrogens (tertiary/aromatic N) is 6. The van der Waals surface area contributed by atoms with Crippen LogP contribution in [0, 0.1) is 17.2 Å². The van der Waals surface area contributed by atoms with Crippen LogP contribution in [0.2, 0.25) is 0 Å². The molecule has 0 bridgehead atoms. The van der Waals surface area contributed by atoms with Crippen LogP contribution in [0.25, 0.3) is 21.3 Å². The number of aromatic nitrogens is 4. The second-order valence-corrected chi connectivity index (χ2v) is 16.1. The van der Waals surface area contributed by atoms with Gasteiger partial charge in [0.2, 0.25) is 11.8 Å². The summed E-state index contributed by atoms with van der Waals surface area (Å²) in [4.78, 5) is 61.6. The highest BCUT2D eigenvalue weighted by Gasteiger charge is 2.47. The van der Waals surface area contributed by atoms with Gasteiger partial charge in [-0.15, -0.1) is 11.3 Å². The Morgan fingerprint density at radius 2 is 1.91 bits per heavy atom. The summed E-state index contributed by atoms with van der Waals surface area (Å²) in [6.07, 6.45) is 6.84. The number of methoxy groups -OCH3 is 1. The van der Waals surface area contributed by atoms with Gasteiger partial charge in [0.05, 0.1) is 62.6 Å². The van der Waals surface area contributed by atoms with Crippen LogP contribution in [0.1, 0.15) is 89.3 Å². The van der Waals surface area contributed by atoms with E-state index in [1.807, 2.05) is 17.0 Å². The summed E-state index contributed by atoms with van der Waals surface area (Å²) in [6, 6.07) is 11.2. The van der Waals surface area contributed by atoms with E-state index in [0.717, 1.165) is 40.9 Å². The molecule has 5 aromatic rings. The zero-order valence-corrected chi connectivity index (χ0v) is 31.7. The van der Waals surface area contributed by atoms with E-state index in [0.29, 0.717) is 41.1 Å². The Hall–Kier alpha value is -5.53. The Labute approximate surface area is 324 Å². The molecule has 2 atom stereocenters. The number of likely N-dealkylation sites (tertiary alicyclic amines) is 1. The molecule has 56 heavy (non-hydrogen) atoms. The predicted molar refractivity (Wildman–Crippen MR) is 205 cm³/mol. The van der Waals surface area contributed by atoms with E-state index in [4.69, 9.17) is 9.72 Å². The van der Waals surface area contributed by atoms with Crippen molar-refractivity contribution < 1.29 is 27.9 Å². The van der Waals surface area contributed by atoms with Crippen LogP contribution in [0.15, 0.2) is 53.6 Å². The Balaban J connectivity index is 0.912. The molecule has 0 radical (unpaired) electrons. The molecule has 0 spiro atoms. The van der Waals surface area contributed by atoms with E-state index in [2.05, 4.69) is 15.6 Å². The maximum atomic E-state index is 16.1. The van der Waals surface area contributed by atoms with Gasteiger partial charge in [0.1, 0.15) is 17.9 Å². The van der Waals surface area contributed by atoms with Crippen LogP contribution in [0.4, 0.5) is 14.5 Å². The minimum absolute atomic E-state index is 0.0964. The number of rotatable bonds is 8. The average molecular weight is 783 g/mol. The number of ether oxygens (including phenoxy) is 1. The molecule has 1 aliphatic carbocycles. The van der Waals surface area contributed by atoms with E-state index in [1.165, 1.54) is 34.7 Å². The fourth-order valence-electron chi connectivity index (χ4n) is 8.72. The number of halogens is 2. The first-order valence-electron chi connectivity index (χ1n) is 18.7. The molecule has 3 amide bonds. The van der Waals surface area contributed by atoms with Gasteiger partial charge in [-0.3, -0.25) is 38.7 Å². The number of thiazole rings is 1. The number of benzene rings is 2. The number of fused-ring (bicyclic) bond motifs is 2. The summed E-state index contributed by atoms with van der Waals surface area (Å²) in [7, 11) is 3.06. The summed E-state index contributed by atoms with van der Waals surface area (Å²) in [5.41, 5.74) is 2.52. The van der Waals surface area contributed by atoms with Gasteiger partial charge in [-0.25, -0.2) is 18.6 Å². The van der Waals surface area contributed by atoms with Crippen LogP contribution >= 0.6 is 11.3 Å². The third-order valence-electron chi connectivity index (χ3n) is 11.5. The molecule has 16 heteroatoms. The van der Waals surface area contributed by atoms with Gasteiger partial charge < -0.3 is 10.1 Å². The zero-order chi connectivity index (χ0) is 39.3. The topological polar surface area (TPSA) is 164 Å². The average Bonchev–Trinajstić information content (AvgIpc) is 3.71. The zero-order valence-electron chi connectivity index (χ0n) is 30.9. The summed E-state index contributed by atoms with van der Waals surface area (Å²) in [5.74, 6) is -4.55. The van der Waals surface area contributed by atoms with E-state index < -0.39 is 41.3 Å². The molecule has 290 valence electrons. The van der Waals surface area contributed by atoms with Gasteiger partial charge in [0.25, 0.3) is 11.8 Å². The number of hydrogen-bond acceptors (Lipinski definition) is 10. The van der Waals surface area contributed by atoms with Crippen LogP contribution in [0.3, 0.4) is 0 Å². The largest absolute Gasteiger partial charge is 0.494 e. The van der Waals surface area contributed by atoms with Gasteiger partial charge in [-0.05, 0) is 74.8 Å². The second-order valence-electron chi connectivity index (χ2n) is 15.0. The lowest BCUT2D eigenvalue weighted by Gasteiger charge is -2.41. The molecule has 2 aromatic carbocycles. The number of pyridine rings is 1. The van der Waals surface area contributed by atoms with E-state index in [-0.39, 0.29) is 48.8 Å². The third kappa shape index (κ3) is 6.94. The lowest BCUT2D eigenvalue weighted by atomic mass is 9.81. The van der Waals surface area contributed by atoms with Crippen molar-refractivity contribution in [2.75, 3.05) is 32.1 Å². The number of piperidine rings is 2. The van der Waals surface area contributed by atoms with Crippen molar-refractivity contribution in [2.24, 2.45) is 13.0 Å². The van der Waals surface area contributed by atoms with E-state index in [1.54, 1.807) is 42.6 Å². The maximum Gasteiger partial charge on any atom is 0.329 e. The van der Waals surface area contributed by atoms with Crippen molar-refractivity contribution in [1.82, 2.24) is 29.3 Å². The highest BCUT2D eigenvalue weighted by atomic mass is 32.1. The lowest BCUT2D eigenvalue weighted by molar-refractivity contribution is -0.135. The van der Waals surface area contributed by atoms with Crippen molar-refractivity contribution in [1.29, 1.82) is 5.26 Å². The Bertz CT molecular complexity index is 2480. The molecular weight excluding hydrogens is 743 g/mol. The number of para-hydroxylation sites is 1. The molecule has 2 aliphatic heterocycles. The van der Waals surface area contributed by atoms with Crippen LogP contribution in [0.5, 0.6) is 5.75 Å². The van der Waals surface area contributed by atoms with Gasteiger partial charge >= 0.3 is 5.69 Å². The van der Waals surface area contributed by atoms with Crippen LogP contribution in [-0.2, 0) is 16.6 Å². The number of imidazole rings is 1. The molecule has 5 heterocycles. The molecular formula is C40H40F2N8O5S. The highest BCUT2D eigenvalue weighted by Crippen LogP contribution is 2.45. The molecule has 3 aliphatic rings. The number of amides is 3. The molecule has 2 N–H and O–H groups in total. The van der Waals surface area contributed by atoms with Gasteiger partial charge in [0, 0.05) is 44.4 Å². The fraction of sp³-hybridized carbons (Fsp3) is 0.425. The quantitative estimate of drug-likeness (QED) is 0.184. The number of hydrogen-bond donors (Lipinski definition) is 2. The summed E-state index contributed by atoms with van der Waals surface area (Å²) in [5, 5.41) is 15.3. The molecule has 1 saturated carbocycles. The van der Waals surface area contributed by atoms with Crippen molar-refractivity contribution in [3.63, 3.8) is 0 Å². The van der Waals surface area contributed by atoms with E-state index in [9.17, 15) is 24.4 Å². The van der Waals surface area contributed by atoms with Crippen LogP contribution in [-0.4, -0.2) is 74.4 Å². The Kier molecular flexibility index (Phi) is 9.92. The Morgan fingerprint density at radius 3 is 2.64 bits per heavy atom. The number of anilines is 1. The summed E-state index contributed by atoms with van der Waals surface area (Å²) < 4.78 is 41.5. The molecule has 1 unspecified atom stereocenters. The summed E-state index contributed by atoms with van der Waals surface area (Å²) in [6.45, 7) is 0.697. The number of nitrogens with one attached hydrogen (secondary N) is 2. The number of imide groups is 1. The third-order valence-corrected chi connectivity index (χ3v) is 12.7. The number of carbonyl (C=O) groups is 3. The minimum atomic E-state index is -3.05. The SMILES string of the molecule is COc1cc2nc(C3CCC(CN4CC[C@H](c5cccc6c5n(C)c(=O)n6C5CCC(=O)NC5=O)C(F)(F)C4)CC3)sc2cc1NC(=O)c1cncc(C#N)c1. The van der Waals surface area contributed by atoms with E-state index >= 15 is 8.78 Å². The fourth-order valence-corrected chi connectivity index (χ4v) is 9.88. The molecule has 3 aromatic heterocycles. The lowest BCUT2D eigenvalue weighted by Crippen LogP contribution is -2.49. The minimum Gasteiger partial charge on any atom is -0.494 e. The first-order chi connectivity index (χ1) is 26.9. The van der Waals surface area contributed by atoms with Crippen LogP contribution < -0.4 is 21.1 Å². The maximum absolute atomic E-state index is 16.1. The highest BCUT2D eigenvalue weighted by molar-refractivity contribution is 7.18. The van der Waals surface area contributed by atoms with Crippen molar-refractivity contribution >= 4 is 56.0 Å². The number of aryl methyl sites for hydroxylation is 1. The normalized spacial score (nSPS) is 22.8. The van der Waals surface area contributed by atoms with Gasteiger partial charge in [-0.1, -0.05) is 12.1 Å². The molecule has 2 saturated heterocycles. The first kappa shape index (κ1) is 37.4. The number of nitriles is 1.